The molecular formula is C22H24F3N5O2S. The van der Waals surface area contributed by atoms with Crippen molar-refractivity contribution in [2.75, 3.05) is 44.2 Å². The molecule has 0 aromatic heterocycles. The summed E-state index contributed by atoms with van der Waals surface area (Å²) in [6.45, 7) is 7.76. The van der Waals surface area contributed by atoms with Gasteiger partial charge in [-0.1, -0.05) is 0 Å². The van der Waals surface area contributed by atoms with Gasteiger partial charge >= 0.3 is 6.18 Å². The lowest BCUT2D eigenvalue weighted by atomic mass is 10.1. The van der Waals surface area contributed by atoms with Gasteiger partial charge in [0.05, 0.1) is 22.9 Å². The lowest BCUT2D eigenvalue weighted by molar-refractivity contribution is -0.138. The highest BCUT2D eigenvalue weighted by Gasteiger charge is 2.39. The maximum Gasteiger partial charge on any atom is 0.417 e. The number of rotatable bonds is 5. The molecule has 0 aliphatic carbocycles. The average Bonchev–Trinajstić information content (AvgIpc) is 2.99. The van der Waals surface area contributed by atoms with E-state index in [0.717, 1.165) is 43.7 Å². The first-order chi connectivity index (χ1) is 15.6. The number of carbonyl (C=O) groups is 2. The Morgan fingerprint density at radius 2 is 1.85 bits per heavy atom. The Morgan fingerprint density at radius 1 is 1.18 bits per heavy atom. The number of nitriles is 1. The molecule has 2 aliphatic heterocycles. The van der Waals surface area contributed by atoms with Crippen LogP contribution in [-0.4, -0.2) is 66.0 Å². The summed E-state index contributed by atoms with van der Waals surface area (Å²) in [7, 11) is 0. The summed E-state index contributed by atoms with van der Waals surface area (Å²) in [6.07, 6.45) is -4.47. The van der Waals surface area contributed by atoms with Crippen molar-refractivity contribution in [2.45, 2.75) is 26.4 Å². The van der Waals surface area contributed by atoms with Gasteiger partial charge in [-0.25, -0.2) is 4.90 Å². The zero-order valence-corrected chi connectivity index (χ0v) is 19.1. The molecule has 2 amide bonds. The van der Waals surface area contributed by atoms with Gasteiger partial charge < -0.3 is 10.2 Å². The van der Waals surface area contributed by atoms with E-state index in [1.807, 2.05) is 6.92 Å². The van der Waals surface area contributed by atoms with Gasteiger partial charge in [-0.15, -0.1) is 0 Å². The van der Waals surface area contributed by atoms with E-state index >= 15 is 0 Å². The lowest BCUT2D eigenvalue weighted by Crippen LogP contribution is -2.51. The third-order valence-electron chi connectivity index (χ3n) is 5.79. The fourth-order valence-corrected chi connectivity index (χ4v) is 4.25. The molecule has 1 aromatic rings. The van der Waals surface area contributed by atoms with E-state index < -0.39 is 29.1 Å². The minimum Gasteiger partial charge on any atom is -0.363 e. The molecule has 2 heterocycles. The first kappa shape index (κ1) is 24.7. The van der Waals surface area contributed by atoms with Gasteiger partial charge in [-0.2, -0.15) is 18.4 Å². The summed E-state index contributed by atoms with van der Waals surface area (Å²) >= 11 is 5.33. The van der Waals surface area contributed by atoms with Crippen LogP contribution in [0, 0.1) is 11.3 Å². The Labute approximate surface area is 195 Å². The van der Waals surface area contributed by atoms with E-state index in [2.05, 4.69) is 15.1 Å². The van der Waals surface area contributed by atoms with E-state index in [1.165, 1.54) is 19.1 Å². The fourth-order valence-electron chi connectivity index (χ4n) is 3.92. The van der Waals surface area contributed by atoms with Crippen molar-refractivity contribution in [3.8, 4) is 6.07 Å². The summed E-state index contributed by atoms with van der Waals surface area (Å²) in [5.41, 5.74) is -1.42. The minimum atomic E-state index is -4.78. The second-order valence-electron chi connectivity index (χ2n) is 7.80. The molecule has 33 heavy (non-hydrogen) atoms. The first-order valence-electron chi connectivity index (χ1n) is 10.5. The number of imide groups is 1. The number of nitrogens with one attached hydrogen (secondary N) is 1. The average molecular weight is 480 g/mol. The number of nitrogens with zero attached hydrogens (tertiary/aromatic N) is 4. The van der Waals surface area contributed by atoms with E-state index in [1.54, 1.807) is 0 Å². The molecule has 1 saturated heterocycles. The Balaban J connectivity index is 1.69. The van der Waals surface area contributed by atoms with Gasteiger partial charge in [0.15, 0.2) is 5.11 Å². The van der Waals surface area contributed by atoms with Crippen LogP contribution in [0.2, 0.25) is 0 Å². The second kappa shape index (κ2) is 9.89. The van der Waals surface area contributed by atoms with E-state index in [9.17, 15) is 22.8 Å². The highest BCUT2D eigenvalue weighted by molar-refractivity contribution is 7.80. The summed E-state index contributed by atoms with van der Waals surface area (Å²) in [6, 6.07) is 4.33. The molecule has 176 valence electrons. The fraction of sp³-hybridized carbons (Fsp3) is 0.455. The Hall–Kier alpha value is -2.97. The van der Waals surface area contributed by atoms with Crippen molar-refractivity contribution in [1.82, 2.24) is 15.1 Å². The maximum atomic E-state index is 13.3. The van der Waals surface area contributed by atoms with Crippen LogP contribution in [0.15, 0.2) is 29.3 Å². The highest BCUT2D eigenvalue weighted by Crippen LogP contribution is 2.36. The Morgan fingerprint density at radius 3 is 2.42 bits per heavy atom. The van der Waals surface area contributed by atoms with E-state index in [-0.39, 0.29) is 11.3 Å². The number of benzene rings is 1. The highest BCUT2D eigenvalue weighted by atomic mass is 32.1. The van der Waals surface area contributed by atoms with Crippen LogP contribution in [0.3, 0.4) is 0 Å². The van der Waals surface area contributed by atoms with Gasteiger partial charge in [-0.3, -0.25) is 14.5 Å². The van der Waals surface area contributed by atoms with E-state index in [0.29, 0.717) is 29.7 Å². The number of amides is 2. The summed E-state index contributed by atoms with van der Waals surface area (Å²) in [4.78, 5) is 30.7. The third kappa shape index (κ3) is 5.17. The predicted octanol–water partition coefficient (Wildman–Crippen LogP) is 2.67. The largest absolute Gasteiger partial charge is 0.417 e. The lowest BCUT2D eigenvalue weighted by Gasteiger charge is -2.36. The summed E-state index contributed by atoms with van der Waals surface area (Å²) < 4.78 is 40.0. The molecule has 2 aliphatic rings. The van der Waals surface area contributed by atoms with Crippen molar-refractivity contribution in [3.05, 3.63) is 40.5 Å². The number of halogens is 3. The van der Waals surface area contributed by atoms with Gasteiger partial charge in [0, 0.05) is 50.4 Å². The van der Waals surface area contributed by atoms with Crippen LogP contribution < -0.4 is 10.2 Å². The molecule has 0 spiro atoms. The molecule has 7 nitrogen and oxygen atoms in total. The number of thiocarbonyl (C=S) groups is 1. The van der Waals surface area contributed by atoms with Crippen LogP contribution in [-0.2, 0) is 15.8 Å². The third-order valence-corrected chi connectivity index (χ3v) is 6.19. The van der Waals surface area contributed by atoms with Crippen molar-refractivity contribution >= 4 is 34.8 Å². The second-order valence-corrected chi connectivity index (χ2v) is 8.19. The topological polar surface area (TPSA) is 79.7 Å². The minimum absolute atomic E-state index is 0.198. The number of hydrogen-bond acceptors (Lipinski definition) is 5. The molecule has 0 bridgehead atoms. The Bertz CT molecular complexity index is 1040. The molecule has 0 saturated carbocycles. The van der Waals surface area contributed by atoms with E-state index in [4.69, 9.17) is 17.5 Å². The standard InChI is InChI=1S/C22H24F3N5O2S/c1-3-27-21(33)29-10-8-28(9-11-29)7-6-17-14(2)19(31)30(20(17)32)16-5-4-15(13-26)18(12-16)22(23,24)25/h4-5,12H,3,6-11H2,1-2H3,(H,27,33). The number of anilines is 1. The van der Waals surface area contributed by atoms with Crippen LogP contribution in [0.4, 0.5) is 18.9 Å². The number of alkyl halides is 3. The number of hydrogen-bond donors (Lipinski definition) is 1. The molecule has 0 radical (unpaired) electrons. The Kier molecular flexibility index (Phi) is 7.39. The van der Waals surface area contributed by atoms with Crippen molar-refractivity contribution < 1.29 is 22.8 Å². The van der Waals surface area contributed by atoms with Crippen LogP contribution in [0.1, 0.15) is 31.4 Å². The summed E-state index contributed by atoms with van der Waals surface area (Å²) in [5, 5.41) is 12.8. The zero-order valence-electron chi connectivity index (χ0n) is 18.3. The van der Waals surface area contributed by atoms with Crippen molar-refractivity contribution in [2.24, 2.45) is 0 Å². The molecule has 1 fully saturated rings. The predicted molar refractivity (Wildman–Crippen MR) is 120 cm³/mol. The monoisotopic (exact) mass is 479 g/mol. The maximum absolute atomic E-state index is 13.3. The SMILES string of the molecule is CCNC(=S)N1CCN(CCC2=C(C)C(=O)N(c3ccc(C#N)c(C(F)(F)F)c3)C2=O)CC1. The zero-order chi connectivity index (χ0) is 24.3. The van der Waals surface area contributed by atoms with Crippen molar-refractivity contribution in [1.29, 1.82) is 5.26 Å². The summed E-state index contributed by atoms with van der Waals surface area (Å²) in [5.74, 6) is -1.27. The number of carbonyl (C=O) groups excluding carboxylic acids is 2. The van der Waals surface area contributed by atoms with Gasteiger partial charge in [-0.05, 0) is 50.7 Å². The van der Waals surface area contributed by atoms with Gasteiger partial charge in [0.2, 0.25) is 0 Å². The van der Waals surface area contributed by atoms with Gasteiger partial charge in [0.1, 0.15) is 0 Å². The van der Waals surface area contributed by atoms with Crippen molar-refractivity contribution in [3.63, 3.8) is 0 Å². The van der Waals surface area contributed by atoms with Crippen LogP contribution >= 0.6 is 12.2 Å². The quantitative estimate of drug-likeness (QED) is 0.514. The molecule has 1 aromatic carbocycles. The smallest absolute Gasteiger partial charge is 0.363 e. The molecule has 0 atom stereocenters. The van der Waals surface area contributed by atoms with Crippen LogP contribution in [0.5, 0.6) is 0 Å². The normalized spacial score (nSPS) is 17.6. The molecule has 0 unspecified atom stereocenters. The molecule has 1 N–H and O–H groups in total. The molecule has 3 rings (SSSR count). The molecule has 11 heteroatoms. The molecular weight excluding hydrogens is 455 g/mol. The number of piperazine rings is 1. The van der Waals surface area contributed by atoms with Crippen LogP contribution in [0.25, 0.3) is 0 Å². The first-order valence-corrected chi connectivity index (χ1v) is 10.9. The van der Waals surface area contributed by atoms with Gasteiger partial charge in [0.25, 0.3) is 11.8 Å².